The second-order valence-corrected chi connectivity index (χ2v) is 8.25. The number of carbonyl (C=O) groups is 1. The first kappa shape index (κ1) is 27.2. The zero-order valence-corrected chi connectivity index (χ0v) is 21.9. The minimum Gasteiger partial charge on any atom is -0.490 e. The predicted octanol–water partition coefficient (Wildman–Crippen LogP) is 6.53. The fraction of sp³-hybridized carbons (Fsp3) is 0.259. The summed E-state index contributed by atoms with van der Waals surface area (Å²) in [6.07, 6.45) is 1.48. The van der Waals surface area contributed by atoms with Crippen LogP contribution in [-0.4, -0.2) is 31.9 Å². The van der Waals surface area contributed by atoms with Gasteiger partial charge in [0.1, 0.15) is 6.61 Å². The molecule has 1 N–H and O–H groups in total. The van der Waals surface area contributed by atoms with Crippen LogP contribution in [0.1, 0.15) is 42.3 Å². The van der Waals surface area contributed by atoms with Crippen molar-refractivity contribution in [2.45, 2.75) is 27.4 Å². The lowest BCUT2D eigenvalue weighted by Gasteiger charge is -2.14. The molecule has 0 aliphatic heterocycles. The molecular weight excluding hydrogens is 503 g/mol. The van der Waals surface area contributed by atoms with Crippen LogP contribution in [0.15, 0.2) is 59.7 Å². The normalized spacial score (nSPS) is 10.8. The molecule has 3 rings (SSSR count). The van der Waals surface area contributed by atoms with E-state index in [2.05, 4.69) is 10.5 Å². The number of halogens is 2. The molecule has 36 heavy (non-hydrogen) atoms. The third-order valence-corrected chi connectivity index (χ3v) is 5.31. The first-order valence-electron chi connectivity index (χ1n) is 11.5. The van der Waals surface area contributed by atoms with Crippen molar-refractivity contribution >= 4 is 35.3 Å². The molecule has 0 fully saturated rings. The van der Waals surface area contributed by atoms with Gasteiger partial charge in [0.15, 0.2) is 23.0 Å². The average molecular weight is 531 g/mol. The Hall–Kier alpha value is -3.42. The van der Waals surface area contributed by atoms with E-state index >= 15 is 0 Å². The maximum absolute atomic E-state index is 12.6. The maximum atomic E-state index is 12.6. The third kappa shape index (κ3) is 7.54. The van der Waals surface area contributed by atoms with Crippen LogP contribution >= 0.6 is 23.2 Å². The molecule has 0 unspecified atom stereocenters. The van der Waals surface area contributed by atoms with E-state index < -0.39 is 5.91 Å². The van der Waals surface area contributed by atoms with Gasteiger partial charge in [-0.3, -0.25) is 4.79 Å². The zero-order chi connectivity index (χ0) is 25.9. The largest absolute Gasteiger partial charge is 0.490 e. The molecule has 3 aromatic rings. The molecule has 0 heterocycles. The molecule has 0 aromatic heterocycles. The molecule has 0 bridgehead atoms. The van der Waals surface area contributed by atoms with Crippen molar-refractivity contribution in [2.75, 3.05) is 19.8 Å². The number of hydrazone groups is 1. The quantitative estimate of drug-likeness (QED) is 0.212. The summed E-state index contributed by atoms with van der Waals surface area (Å²) in [7, 11) is 0. The monoisotopic (exact) mass is 530 g/mol. The van der Waals surface area contributed by atoms with Crippen molar-refractivity contribution in [2.24, 2.45) is 5.10 Å². The predicted molar refractivity (Wildman–Crippen MR) is 142 cm³/mol. The molecule has 0 aliphatic rings. The Morgan fingerprint density at radius 3 is 2.31 bits per heavy atom. The molecular formula is C27H28Cl2N2O5. The van der Waals surface area contributed by atoms with Gasteiger partial charge in [0.05, 0.1) is 31.1 Å². The van der Waals surface area contributed by atoms with Crippen molar-refractivity contribution in [1.29, 1.82) is 0 Å². The van der Waals surface area contributed by atoms with Crippen LogP contribution in [0.5, 0.6) is 23.0 Å². The Bertz CT molecular complexity index is 1220. The smallest absolute Gasteiger partial charge is 0.271 e. The van der Waals surface area contributed by atoms with Gasteiger partial charge in [-0.05, 0) is 74.4 Å². The lowest BCUT2D eigenvalue weighted by atomic mass is 10.2. The van der Waals surface area contributed by atoms with Crippen molar-refractivity contribution in [3.8, 4) is 23.0 Å². The average Bonchev–Trinajstić information content (AvgIpc) is 2.85. The van der Waals surface area contributed by atoms with Crippen LogP contribution in [0.2, 0.25) is 10.0 Å². The summed E-state index contributed by atoms with van der Waals surface area (Å²) in [6, 6.07) is 15.8. The van der Waals surface area contributed by atoms with E-state index in [9.17, 15) is 4.79 Å². The van der Waals surface area contributed by atoms with Crippen molar-refractivity contribution in [3.63, 3.8) is 0 Å². The van der Waals surface area contributed by atoms with E-state index in [1.165, 1.54) is 6.21 Å². The van der Waals surface area contributed by atoms with Crippen LogP contribution in [0.25, 0.3) is 0 Å². The van der Waals surface area contributed by atoms with Gasteiger partial charge < -0.3 is 18.9 Å². The van der Waals surface area contributed by atoms with E-state index in [4.69, 9.17) is 42.1 Å². The van der Waals surface area contributed by atoms with Gasteiger partial charge in [-0.25, -0.2) is 5.43 Å². The molecule has 190 valence electrons. The Morgan fingerprint density at radius 1 is 0.861 bits per heavy atom. The number of amides is 1. The van der Waals surface area contributed by atoms with Crippen LogP contribution < -0.4 is 24.4 Å². The lowest BCUT2D eigenvalue weighted by molar-refractivity contribution is 0.0954. The number of ether oxygens (including phenoxy) is 4. The van der Waals surface area contributed by atoms with Crippen molar-refractivity contribution < 1.29 is 23.7 Å². The van der Waals surface area contributed by atoms with Gasteiger partial charge in [-0.15, -0.1) is 0 Å². The molecule has 0 radical (unpaired) electrons. The molecule has 1 amide bonds. The fourth-order valence-electron chi connectivity index (χ4n) is 3.27. The number of benzene rings is 3. The summed E-state index contributed by atoms with van der Waals surface area (Å²) in [5.41, 5.74) is 4.42. The van der Waals surface area contributed by atoms with E-state index in [0.29, 0.717) is 64.0 Å². The molecule has 3 aromatic carbocycles. The van der Waals surface area contributed by atoms with Gasteiger partial charge in [-0.2, -0.15) is 5.10 Å². The third-order valence-electron chi connectivity index (χ3n) is 4.79. The first-order chi connectivity index (χ1) is 17.4. The fourth-order valence-corrected chi connectivity index (χ4v) is 3.76. The maximum Gasteiger partial charge on any atom is 0.271 e. The summed E-state index contributed by atoms with van der Waals surface area (Å²) < 4.78 is 22.8. The van der Waals surface area contributed by atoms with Gasteiger partial charge in [0.25, 0.3) is 5.91 Å². The number of hydrogen-bond donors (Lipinski definition) is 1. The van der Waals surface area contributed by atoms with Gasteiger partial charge in [0, 0.05) is 10.6 Å². The number of carbonyl (C=O) groups excluding carboxylic acids is 1. The van der Waals surface area contributed by atoms with E-state index in [1.54, 1.807) is 36.4 Å². The van der Waals surface area contributed by atoms with E-state index in [1.807, 2.05) is 39.0 Å². The topological polar surface area (TPSA) is 78.4 Å². The van der Waals surface area contributed by atoms with Crippen molar-refractivity contribution in [1.82, 2.24) is 5.43 Å². The Kier molecular flexibility index (Phi) is 10.3. The Labute approximate surface area is 220 Å². The zero-order valence-electron chi connectivity index (χ0n) is 20.3. The summed E-state index contributed by atoms with van der Waals surface area (Å²) in [6.45, 7) is 7.24. The minimum atomic E-state index is -0.396. The second-order valence-electron chi connectivity index (χ2n) is 7.41. The highest BCUT2D eigenvalue weighted by Gasteiger charge is 2.14. The summed E-state index contributed by atoms with van der Waals surface area (Å²) in [4.78, 5) is 12.6. The highest BCUT2D eigenvalue weighted by atomic mass is 35.5. The number of nitrogens with one attached hydrogen (secondary N) is 1. The molecule has 9 heteroatoms. The van der Waals surface area contributed by atoms with Crippen LogP contribution in [-0.2, 0) is 6.61 Å². The second kappa shape index (κ2) is 13.6. The van der Waals surface area contributed by atoms with Gasteiger partial charge >= 0.3 is 0 Å². The van der Waals surface area contributed by atoms with Gasteiger partial charge in [0.2, 0.25) is 0 Å². The minimum absolute atomic E-state index is 0.273. The van der Waals surface area contributed by atoms with E-state index in [0.717, 1.165) is 5.56 Å². The van der Waals surface area contributed by atoms with Crippen molar-refractivity contribution in [3.05, 3.63) is 81.3 Å². The molecule has 0 spiro atoms. The van der Waals surface area contributed by atoms with Crippen LogP contribution in [0, 0.1) is 0 Å². The first-order valence-corrected chi connectivity index (χ1v) is 12.3. The molecule has 0 saturated heterocycles. The molecule has 7 nitrogen and oxygen atoms in total. The summed E-state index contributed by atoms with van der Waals surface area (Å²) >= 11 is 12.5. The number of rotatable bonds is 12. The summed E-state index contributed by atoms with van der Waals surface area (Å²) in [5, 5.41) is 5.04. The highest BCUT2D eigenvalue weighted by molar-refractivity contribution is 6.32. The lowest BCUT2D eigenvalue weighted by Crippen LogP contribution is -2.17. The molecule has 0 atom stereocenters. The van der Waals surface area contributed by atoms with Gasteiger partial charge in [-0.1, -0.05) is 35.3 Å². The SMILES string of the molecule is CCOc1ccc(C(=O)N/N=C/c2cc(Cl)c(OCc3cccc(Cl)c3)c(OCC)c2)cc1OCC. The van der Waals surface area contributed by atoms with E-state index in [-0.39, 0.29) is 6.61 Å². The molecule has 0 saturated carbocycles. The standard InChI is InChI=1S/C27H28Cl2N2O5/c1-4-33-23-11-10-20(15-24(23)34-5-2)27(32)31-30-16-19-13-22(29)26(25(14-19)35-6-3)36-17-18-8-7-9-21(28)12-18/h7-16H,4-6,17H2,1-3H3,(H,31,32)/b30-16+. The van der Waals surface area contributed by atoms with Crippen LogP contribution in [0.3, 0.4) is 0 Å². The molecule has 0 aliphatic carbocycles. The number of nitrogens with zero attached hydrogens (tertiary/aromatic N) is 1. The number of hydrogen-bond acceptors (Lipinski definition) is 6. The van der Waals surface area contributed by atoms with Crippen LogP contribution in [0.4, 0.5) is 0 Å². The highest BCUT2D eigenvalue weighted by Crippen LogP contribution is 2.37. The Balaban J connectivity index is 1.71. The summed E-state index contributed by atoms with van der Waals surface area (Å²) in [5.74, 6) is 1.56. The Morgan fingerprint density at radius 2 is 1.58 bits per heavy atom.